The lowest BCUT2D eigenvalue weighted by Crippen LogP contribution is -2.49. The van der Waals surface area contributed by atoms with Gasteiger partial charge in [0.1, 0.15) is 6.10 Å². The summed E-state index contributed by atoms with van der Waals surface area (Å²) in [5, 5.41) is 0. The highest BCUT2D eigenvalue weighted by Gasteiger charge is 2.68. The molecule has 0 aromatic rings. The summed E-state index contributed by atoms with van der Waals surface area (Å²) >= 11 is 0. The number of rotatable bonds is 9. The predicted octanol–water partition coefficient (Wildman–Crippen LogP) is 2.78. The maximum absolute atomic E-state index is 13.3. The van der Waals surface area contributed by atoms with Crippen molar-refractivity contribution in [2.45, 2.75) is 85.3 Å². The number of cyclic esters (lactones) is 1. The van der Waals surface area contributed by atoms with E-state index in [-0.39, 0.29) is 48.3 Å². The third-order valence-electron chi connectivity index (χ3n) is 7.52. The van der Waals surface area contributed by atoms with Crippen LogP contribution in [0.1, 0.15) is 60.8 Å². The zero-order valence-electron chi connectivity index (χ0n) is 20.5. The zero-order valence-corrected chi connectivity index (χ0v) is 20.5. The minimum Gasteiger partial charge on any atom is -0.465 e. The topological polar surface area (TPSA) is 91.4 Å². The minimum atomic E-state index is -0.693. The molecule has 2 saturated carbocycles. The fourth-order valence-electron chi connectivity index (χ4n) is 6.03. The average Bonchev–Trinajstić information content (AvgIpc) is 3.37. The van der Waals surface area contributed by atoms with E-state index in [1.165, 1.54) is 7.11 Å². The van der Waals surface area contributed by atoms with Crippen LogP contribution in [0.3, 0.4) is 0 Å². The quantitative estimate of drug-likeness (QED) is 0.299. The van der Waals surface area contributed by atoms with Gasteiger partial charge in [0.15, 0.2) is 0 Å². The van der Waals surface area contributed by atoms with E-state index < -0.39 is 29.7 Å². The number of ether oxygens (including phenoxy) is 4. The number of hydrogen-bond donors (Lipinski definition) is 0. The van der Waals surface area contributed by atoms with E-state index in [9.17, 15) is 14.4 Å². The van der Waals surface area contributed by atoms with Crippen molar-refractivity contribution in [2.75, 3.05) is 20.3 Å². The van der Waals surface area contributed by atoms with Crippen LogP contribution in [0, 0.1) is 29.1 Å². The summed E-state index contributed by atoms with van der Waals surface area (Å²) in [6.07, 6.45) is 0.564. The number of hydrogen-bond acceptors (Lipinski definition) is 8. The molecule has 6 atom stereocenters. The fraction of sp³-hybridized carbons (Fsp3) is 0.875. The van der Waals surface area contributed by atoms with Gasteiger partial charge in [-0.3, -0.25) is 19.3 Å². The minimum absolute atomic E-state index is 0.0282. The van der Waals surface area contributed by atoms with Crippen molar-refractivity contribution in [3.8, 4) is 0 Å². The van der Waals surface area contributed by atoms with Gasteiger partial charge in [0, 0.05) is 25.1 Å². The summed E-state index contributed by atoms with van der Waals surface area (Å²) in [5.74, 6) is -2.06. The van der Waals surface area contributed by atoms with Crippen LogP contribution >= 0.6 is 0 Å². The van der Waals surface area contributed by atoms with Gasteiger partial charge in [-0.2, -0.15) is 0 Å². The molecule has 32 heavy (non-hydrogen) atoms. The van der Waals surface area contributed by atoms with Crippen molar-refractivity contribution in [3.63, 3.8) is 0 Å². The zero-order chi connectivity index (χ0) is 23.8. The number of nitrogens with zero attached hydrogens (tertiary/aromatic N) is 1. The number of carbonyl (C=O) groups excluding carboxylic acids is 3. The molecule has 3 aliphatic rings. The van der Waals surface area contributed by atoms with E-state index in [2.05, 4.69) is 4.90 Å². The molecule has 1 aliphatic heterocycles. The molecule has 3 fully saturated rings. The second-order valence-electron chi connectivity index (χ2n) is 10.5. The third kappa shape index (κ3) is 4.53. The first-order valence-electron chi connectivity index (χ1n) is 11.9. The Balaban J connectivity index is 1.81. The lowest BCUT2D eigenvalue weighted by Gasteiger charge is -2.39. The van der Waals surface area contributed by atoms with Crippen LogP contribution in [0.5, 0.6) is 0 Å². The molecule has 2 aliphatic carbocycles. The predicted molar refractivity (Wildman–Crippen MR) is 116 cm³/mol. The van der Waals surface area contributed by atoms with Crippen LogP contribution < -0.4 is 0 Å². The molecule has 2 bridgehead atoms. The normalized spacial score (nSPS) is 32.4. The Morgan fingerprint density at radius 1 is 1.16 bits per heavy atom. The summed E-state index contributed by atoms with van der Waals surface area (Å²) < 4.78 is 22.3. The monoisotopic (exact) mass is 453 g/mol. The summed E-state index contributed by atoms with van der Waals surface area (Å²) in [7, 11) is 1.50. The summed E-state index contributed by atoms with van der Waals surface area (Å²) in [4.78, 5) is 40.9. The summed E-state index contributed by atoms with van der Waals surface area (Å²) in [5.41, 5.74) is -0.667. The van der Waals surface area contributed by atoms with Crippen LogP contribution in [0.4, 0.5) is 0 Å². The maximum Gasteiger partial charge on any atom is 0.320 e. The Hall–Kier alpha value is -1.67. The number of carbonyl (C=O) groups is 3. The highest BCUT2D eigenvalue weighted by Crippen LogP contribution is 2.63. The van der Waals surface area contributed by atoms with Gasteiger partial charge < -0.3 is 18.9 Å². The number of esters is 3. The SMILES string of the molecule is COC(OC(=O)C1C(OC(=O)CN(C(C)C)C(C)C)C2CC1C1(CCOC1=O)C2)C(C)C. The van der Waals surface area contributed by atoms with Crippen molar-refractivity contribution in [3.05, 3.63) is 0 Å². The van der Waals surface area contributed by atoms with Crippen LogP contribution in [-0.4, -0.2) is 67.5 Å². The molecule has 182 valence electrons. The molecule has 0 aromatic heterocycles. The van der Waals surface area contributed by atoms with Gasteiger partial charge in [0.2, 0.25) is 6.29 Å². The maximum atomic E-state index is 13.3. The smallest absolute Gasteiger partial charge is 0.320 e. The van der Waals surface area contributed by atoms with Crippen molar-refractivity contribution >= 4 is 17.9 Å². The Bertz CT molecular complexity index is 713. The highest BCUT2D eigenvalue weighted by atomic mass is 16.7. The molecule has 0 amide bonds. The first-order valence-corrected chi connectivity index (χ1v) is 11.9. The van der Waals surface area contributed by atoms with Gasteiger partial charge in [-0.15, -0.1) is 0 Å². The van der Waals surface area contributed by atoms with Crippen molar-refractivity contribution in [1.29, 1.82) is 0 Å². The molecule has 0 radical (unpaired) electrons. The Morgan fingerprint density at radius 2 is 1.81 bits per heavy atom. The van der Waals surface area contributed by atoms with Crippen LogP contribution in [0.2, 0.25) is 0 Å². The molecule has 6 unspecified atom stereocenters. The second kappa shape index (κ2) is 9.67. The molecule has 1 spiro atoms. The Kier molecular flexibility index (Phi) is 7.55. The molecule has 8 heteroatoms. The van der Waals surface area contributed by atoms with Gasteiger partial charge in [-0.25, -0.2) is 0 Å². The van der Waals surface area contributed by atoms with Crippen molar-refractivity contribution in [2.24, 2.45) is 29.1 Å². The lowest BCUT2D eigenvalue weighted by atomic mass is 9.66. The third-order valence-corrected chi connectivity index (χ3v) is 7.52. The van der Waals surface area contributed by atoms with Gasteiger partial charge in [0.25, 0.3) is 0 Å². The molecule has 8 nitrogen and oxygen atoms in total. The molecule has 1 saturated heterocycles. The number of fused-ring (bicyclic) bond motifs is 3. The standard InChI is InChI=1S/C24H39NO7/c1-13(2)22(29-7)32-21(27)19-17-10-16(11-24(17)8-9-30-23(24)28)20(19)31-18(26)12-25(14(3)4)15(5)6/h13-17,19-20,22H,8-12H2,1-7H3. The van der Waals surface area contributed by atoms with E-state index in [0.717, 1.165) is 0 Å². The first kappa shape index (κ1) is 25.0. The van der Waals surface area contributed by atoms with Crippen LogP contribution in [-0.2, 0) is 33.3 Å². The van der Waals surface area contributed by atoms with Crippen molar-refractivity contribution in [1.82, 2.24) is 4.90 Å². The Labute approximate surface area is 191 Å². The average molecular weight is 454 g/mol. The molecular weight excluding hydrogens is 414 g/mol. The van der Waals surface area contributed by atoms with Gasteiger partial charge >= 0.3 is 17.9 Å². The van der Waals surface area contributed by atoms with Gasteiger partial charge in [0.05, 0.1) is 24.5 Å². The second-order valence-corrected chi connectivity index (χ2v) is 10.5. The van der Waals surface area contributed by atoms with Crippen molar-refractivity contribution < 1.29 is 33.3 Å². The highest BCUT2D eigenvalue weighted by molar-refractivity contribution is 5.83. The van der Waals surface area contributed by atoms with E-state index in [4.69, 9.17) is 18.9 Å². The Morgan fingerprint density at radius 3 is 2.31 bits per heavy atom. The lowest BCUT2D eigenvalue weighted by molar-refractivity contribution is -0.197. The molecular formula is C24H39NO7. The summed E-state index contributed by atoms with van der Waals surface area (Å²) in [6, 6.07) is 0.377. The first-order chi connectivity index (χ1) is 15.0. The molecule has 3 rings (SSSR count). The largest absolute Gasteiger partial charge is 0.465 e. The summed E-state index contributed by atoms with van der Waals surface area (Å²) in [6.45, 7) is 12.5. The van der Waals surface area contributed by atoms with E-state index >= 15 is 0 Å². The molecule has 0 N–H and O–H groups in total. The van der Waals surface area contributed by atoms with E-state index in [1.54, 1.807) is 0 Å². The molecule has 0 aromatic carbocycles. The van der Waals surface area contributed by atoms with Crippen LogP contribution in [0.15, 0.2) is 0 Å². The molecule has 1 heterocycles. The van der Waals surface area contributed by atoms with E-state index in [1.807, 2.05) is 41.5 Å². The van der Waals surface area contributed by atoms with Gasteiger partial charge in [-0.1, -0.05) is 13.8 Å². The fourth-order valence-corrected chi connectivity index (χ4v) is 6.03. The van der Waals surface area contributed by atoms with Crippen LogP contribution in [0.25, 0.3) is 0 Å². The number of methoxy groups -OCH3 is 1. The van der Waals surface area contributed by atoms with Gasteiger partial charge in [-0.05, 0) is 58.8 Å². The van der Waals surface area contributed by atoms with E-state index in [0.29, 0.717) is 25.9 Å².